The number of hydrogen-bond acceptors (Lipinski definition) is 3. The molecule has 21 heavy (non-hydrogen) atoms. The van der Waals surface area contributed by atoms with Gasteiger partial charge in [0.25, 0.3) is 0 Å². The van der Waals surface area contributed by atoms with E-state index in [0.717, 1.165) is 26.2 Å². The Morgan fingerprint density at radius 3 is 2.00 bits per heavy atom. The molecular formula is C18H32O3. The molecule has 0 aliphatic heterocycles. The second kappa shape index (κ2) is 7.23. The number of ether oxygens (including phenoxy) is 2. The van der Waals surface area contributed by atoms with E-state index in [1.54, 1.807) is 6.92 Å². The van der Waals surface area contributed by atoms with Gasteiger partial charge in [-0.25, -0.2) is 0 Å². The summed E-state index contributed by atoms with van der Waals surface area (Å²) in [7, 11) is 0. The van der Waals surface area contributed by atoms with Crippen molar-refractivity contribution < 1.29 is 14.3 Å². The predicted octanol–water partition coefficient (Wildman–Crippen LogP) is 4.14. The van der Waals surface area contributed by atoms with Gasteiger partial charge < -0.3 is 14.3 Å². The Kier molecular flexibility index (Phi) is 5.84. The van der Waals surface area contributed by atoms with Crippen LogP contribution in [0.2, 0.25) is 0 Å². The van der Waals surface area contributed by atoms with Crippen LogP contribution in [0.3, 0.4) is 0 Å². The summed E-state index contributed by atoms with van der Waals surface area (Å²) in [6.07, 6.45) is 9.66. The van der Waals surface area contributed by atoms with E-state index >= 15 is 0 Å². The Balaban J connectivity index is 1.70. The zero-order valence-corrected chi connectivity index (χ0v) is 14.1. The Labute approximate surface area is 129 Å². The smallest absolute Gasteiger partial charge is 0.129 e. The van der Waals surface area contributed by atoms with Crippen molar-refractivity contribution >= 4 is 5.78 Å². The zero-order valence-electron chi connectivity index (χ0n) is 14.1. The third kappa shape index (κ3) is 4.79. The summed E-state index contributed by atoms with van der Waals surface area (Å²) in [6, 6.07) is 0. The van der Waals surface area contributed by atoms with Crippen LogP contribution in [0.1, 0.15) is 72.1 Å². The Morgan fingerprint density at radius 1 is 1.00 bits per heavy atom. The second-order valence-corrected chi connectivity index (χ2v) is 7.72. The molecule has 3 aliphatic rings. The lowest BCUT2D eigenvalue weighted by atomic mass is 9.54. The van der Waals surface area contributed by atoms with Gasteiger partial charge in [-0.05, 0) is 76.5 Å². The van der Waals surface area contributed by atoms with Crippen LogP contribution < -0.4 is 0 Å². The highest BCUT2D eigenvalue weighted by atomic mass is 16.5. The summed E-state index contributed by atoms with van der Waals surface area (Å²) >= 11 is 0. The minimum Gasteiger partial charge on any atom is -0.381 e. The number of fused-ring (bicyclic) bond motifs is 3. The van der Waals surface area contributed by atoms with Crippen molar-refractivity contribution in [1.82, 2.24) is 0 Å². The normalized spacial score (nSPS) is 31.8. The van der Waals surface area contributed by atoms with Gasteiger partial charge in [-0.1, -0.05) is 0 Å². The number of hydrogen-bond donors (Lipinski definition) is 0. The molecule has 3 saturated carbocycles. The van der Waals surface area contributed by atoms with Gasteiger partial charge in [-0.15, -0.1) is 0 Å². The average Bonchev–Trinajstić information content (AvgIpc) is 2.47. The molecule has 0 aromatic carbocycles. The van der Waals surface area contributed by atoms with Gasteiger partial charge in [-0.2, -0.15) is 0 Å². The molecule has 0 heterocycles. The van der Waals surface area contributed by atoms with E-state index in [9.17, 15) is 4.79 Å². The van der Waals surface area contributed by atoms with Crippen LogP contribution >= 0.6 is 0 Å². The van der Waals surface area contributed by atoms with Crippen molar-refractivity contribution in [1.29, 1.82) is 0 Å². The molecule has 3 fully saturated rings. The molecule has 0 saturated heterocycles. The van der Waals surface area contributed by atoms with Crippen LogP contribution in [0.15, 0.2) is 0 Å². The van der Waals surface area contributed by atoms with E-state index in [0.29, 0.717) is 23.4 Å². The summed E-state index contributed by atoms with van der Waals surface area (Å²) in [6.45, 7) is 8.48. The molecule has 2 bridgehead atoms. The van der Waals surface area contributed by atoms with E-state index in [4.69, 9.17) is 9.47 Å². The van der Waals surface area contributed by atoms with Gasteiger partial charge >= 0.3 is 0 Å². The molecule has 0 amide bonds. The van der Waals surface area contributed by atoms with Crippen molar-refractivity contribution in [3.8, 4) is 0 Å². The van der Waals surface area contributed by atoms with Gasteiger partial charge in [0.15, 0.2) is 0 Å². The maximum absolute atomic E-state index is 10.9. The quantitative estimate of drug-likeness (QED) is 0.600. The highest BCUT2D eigenvalue weighted by molar-refractivity contribution is 5.75. The van der Waals surface area contributed by atoms with Gasteiger partial charge in [0.1, 0.15) is 5.78 Å². The maximum Gasteiger partial charge on any atom is 0.129 e. The van der Waals surface area contributed by atoms with Gasteiger partial charge in [-0.3, -0.25) is 0 Å². The zero-order chi connectivity index (χ0) is 15.3. The molecule has 3 nitrogen and oxygen atoms in total. The molecule has 122 valence electrons. The predicted molar refractivity (Wildman–Crippen MR) is 84.4 cm³/mol. The van der Waals surface area contributed by atoms with E-state index in [1.165, 1.54) is 38.5 Å². The first-order chi connectivity index (χ1) is 9.95. The van der Waals surface area contributed by atoms with Crippen LogP contribution in [0.4, 0.5) is 0 Å². The summed E-state index contributed by atoms with van der Waals surface area (Å²) in [5.74, 6) is 0.266. The molecule has 0 aromatic heterocycles. The summed E-state index contributed by atoms with van der Waals surface area (Å²) in [4.78, 5) is 10.9. The minimum absolute atomic E-state index is 0.266. The van der Waals surface area contributed by atoms with E-state index in [-0.39, 0.29) is 5.78 Å². The molecule has 3 rings (SSSR count). The first-order valence-corrected chi connectivity index (χ1v) is 8.64. The van der Waals surface area contributed by atoms with E-state index in [1.807, 2.05) is 0 Å². The molecule has 0 spiro atoms. The molecule has 0 N–H and O–H groups in total. The first kappa shape index (κ1) is 17.0. The van der Waals surface area contributed by atoms with E-state index < -0.39 is 0 Å². The number of Topliss-reactive ketones (excluding diaryl/α,β-unsaturated/α-hetero) is 1. The average molecular weight is 296 g/mol. The molecular weight excluding hydrogens is 264 g/mol. The van der Waals surface area contributed by atoms with Crippen LogP contribution in [-0.4, -0.2) is 31.7 Å². The highest BCUT2D eigenvalue weighted by Gasteiger charge is 2.48. The summed E-state index contributed by atoms with van der Waals surface area (Å²) in [5, 5.41) is 0. The number of ketones is 1. The lowest BCUT2D eigenvalue weighted by Gasteiger charge is -2.53. The van der Waals surface area contributed by atoms with Crippen molar-refractivity contribution in [3.63, 3.8) is 0 Å². The fourth-order valence-corrected chi connectivity index (χ4v) is 3.83. The summed E-state index contributed by atoms with van der Waals surface area (Å²) < 4.78 is 11.8. The van der Waals surface area contributed by atoms with Gasteiger partial charge in [0, 0.05) is 13.0 Å². The van der Waals surface area contributed by atoms with Crippen LogP contribution in [0, 0.1) is 10.8 Å². The van der Waals surface area contributed by atoms with Crippen LogP contribution in [0.5, 0.6) is 0 Å². The number of carbonyl (C=O) groups excluding carboxylic acids is 1. The first-order valence-electron chi connectivity index (χ1n) is 8.64. The summed E-state index contributed by atoms with van der Waals surface area (Å²) in [5.41, 5.74) is 0.885. The molecule has 0 aromatic rings. The minimum atomic E-state index is 0.266. The standard InChI is InChI=1S/C18H32O3/c1-15(2)21-14-18-9-6-17(7-10-18,8-11-18)13-20-12-4-5-16(3)19/h15H,4-14H2,1-3H3. The Hall–Kier alpha value is -0.410. The lowest BCUT2D eigenvalue weighted by molar-refractivity contribution is -0.118. The third-order valence-electron chi connectivity index (χ3n) is 5.51. The molecule has 3 aliphatic carbocycles. The van der Waals surface area contributed by atoms with Gasteiger partial charge in [0.05, 0.1) is 19.3 Å². The van der Waals surface area contributed by atoms with E-state index in [2.05, 4.69) is 13.8 Å². The molecule has 0 radical (unpaired) electrons. The fourth-order valence-electron chi connectivity index (χ4n) is 3.83. The fraction of sp³-hybridized carbons (Fsp3) is 0.944. The Morgan fingerprint density at radius 2 is 1.52 bits per heavy atom. The van der Waals surface area contributed by atoms with Crippen molar-refractivity contribution in [3.05, 3.63) is 0 Å². The van der Waals surface area contributed by atoms with Gasteiger partial charge in [0.2, 0.25) is 0 Å². The number of carbonyl (C=O) groups is 1. The molecule has 0 atom stereocenters. The molecule has 0 unspecified atom stereocenters. The van der Waals surface area contributed by atoms with Crippen molar-refractivity contribution in [2.24, 2.45) is 10.8 Å². The number of rotatable bonds is 9. The SMILES string of the molecule is CC(=O)CCCOCC12CCC(COC(C)C)(CC1)CC2. The highest BCUT2D eigenvalue weighted by Crippen LogP contribution is 2.57. The third-order valence-corrected chi connectivity index (χ3v) is 5.51. The van der Waals surface area contributed by atoms with Crippen molar-refractivity contribution in [2.45, 2.75) is 78.2 Å². The largest absolute Gasteiger partial charge is 0.381 e. The monoisotopic (exact) mass is 296 g/mol. The Bertz CT molecular complexity index is 324. The van der Waals surface area contributed by atoms with Crippen LogP contribution in [-0.2, 0) is 14.3 Å². The topological polar surface area (TPSA) is 35.5 Å². The second-order valence-electron chi connectivity index (χ2n) is 7.72. The maximum atomic E-state index is 10.9. The van der Waals surface area contributed by atoms with Crippen LogP contribution in [0.25, 0.3) is 0 Å². The van der Waals surface area contributed by atoms with Crippen molar-refractivity contribution in [2.75, 3.05) is 19.8 Å². The lowest BCUT2D eigenvalue weighted by Crippen LogP contribution is -2.46. The molecule has 3 heteroatoms.